The molecule has 94 valence electrons. The first-order valence-electron chi connectivity index (χ1n) is 6.45. The molecular formula is C15H22O2. The molecule has 17 heavy (non-hydrogen) atoms. The van der Waals surface area contributed by atoms with Crippen molar-refractivity contribution in [2.45, 2.75) is 46.1 Å². The Hall–Kier alpha value is -1.31. The lowest BCUT2D eigenvalue weighted by Gasteiger charge is -2.22. The van der Waals surface area contributed by atoms with Gasteiger partial charge in [0.1, 0.15) is 6.10 Å². The molecule has 1 aromatic carbocycles. The third kappa shape index (κ3) is 4.22. The fraction of sp³-hybridized carbons (Fsp3) is 0.533. The van der Waals surface area contributed by atoms with E-state index in [1.54, 1.807) is 12.1 Å². The molecule has 2 heteroatoms. The smallest absolute Gasteiger partial charge is 0.338 e. The van der Waals surface area contributed by atoms with Gasteiger partial charge in [-0.3, -0.25) is 0 Å². The van der Waals surface area contributed by atoms with Crippen LogP contribution in [-0.4, -0.2) is 12.1 Å². The SMILES string of the molecule is CCCC(C)C(CC)OC(=O)c1ccccc1. The van der Waals surface area contributed by atoms with Gasteiger partial charge in [0.2, 0.25) is 0 Å². The van der Waals surface area contributed by atoms with Gasteiger partial charge in [-0.25, -0.2) is 4.79 Å². The Balaban J connectivity index is 2.60. The van der Waals surface area contributed by atoms with Crippen LogP contribution in [0.4, 0.5) is 0 Å². The Morgan fingerprint density at radius 1 is 1.24 bits per heavy atom. The second-order valence-corrected chi connectivity index (χ2v) is 4.48. The molecule has 0 aromatic heterocycles. The Morgan fingerprint density at radius 2 is 1.88 bits per heavy atom. The molecule has 2 atom stereocenters. The maximum absolute atomic E-state index is 11.9. The van der Waals surface area contributed by atoms with Gasteiger partial charge in [0.15, 0.2) is 0 Å². The summed E-state index contributed by atoms with van der Waals surface area (Å²) in [6.45, 7) is 6.37. The van der Waals surface area contributed by atoms with E-state index in [2.05, 4.69) is 20.8 Å². The normalized spacial score (nSPS) is 14.1. The van der Waals surface area contributed by atoms with Crippen LogP contribution in [0.15, 0.2) is 30.3 Å². The van der Waals surface area contributed by atoms with Gasteiger partial charge in [0.05, 0.1) is 5.56 Å². The second-order valence-electron chi connectivity index (χ2n) is 4.48. The lowest BCUT2D eigenvalue weighted by molar-refractivity contribution is 0.0138. The van der Waals surface area contributed by atoms with Gasteiger partial charge in [0, 0.05) is 0 Å². The monoisotopic (exact) mass is 234 g/mol. The van der Waals surface area contributed by atoms with Crippen molar-refractivity contribution in [2.24, 2.45) is 5.92 Å². The minimum absolute atomic E-state index is 0.0302. The summed E-state index contributed by atoms with van der Waals surface area (Å²) in [4.78, 5) is 11.9. The number of hydrogen-bond acceptors (Lipinski definition) is 2. The Labute approximate surface area is 104 Å². The number of hydrogen-bond donors (Lipinski definition) is 0. The Bertz CT molecular complexity index is 332. The van der Waals surface area contributed by atoms with Gasteiger partial charge in [-0.15, -0.1) is 0 Å². The highest BCUT2D eigenvalue weighted by Gasteiger charge is 2.19. The predicted molar refractivity (Wildman–Crippen MR) is 70.0 cm³/mol. The predicted octanol–water partition coefficient (Wildman–Crippen LogP) is 4.06. The average Bonchev–Trinajstić information content (AvgIpc) is 2.37. The summed E-state index contributed by atoms with van der Waals surface area (Å²) >= 11 is 0. The largest absolute Gasteiger partial charge is 0.459 e. The molecule has 0 fully saturated rings. The molecule has 0 aliphatic heterocycles. The van der Waals surface area contributed by atoms with Gasteiger partial charge < -0.3 is 4.74 Å². The van der Waals surface area contributed by atoms with Crippen LogP contribution in [0, 0.1) is 5.92 Å². The first-order chi connectivity index (χ1) is 8.19. The zero-order valence-corrected chi connectivity index (χ0v) is 11.0. The van der Waals surface area contributed by atoms with Crippen molar-refractivity contribution in [3.63, 3.8) is 0 Å². The van der Waals surface area contributed by atoms with Crippen molar-refractivity contribution in [3.8, 4) is 0 Å². The fourth-order valence-corrected chi connectivity index (χ4v) is 2.02. The third-order valence-electron chi connectivity index (χ3n) is 3.05. The van der Waals surface area contributed by atoms with Crippen molar-refractivity contribution in [3.05, 3.63) is 35.9 Å². The number of carbonyl (C=O) groups excluding carboxylic acids is 1. The maximum Gasteiger partial charge on any atom is 0.338 e. The number of benzene rings is 1. The van der Waals surface area contributed by atoms with Crippen LogP contribution in [-0.2, 0) is 4.74 Å². The quantitative estimate of drug-likeness (QED) is 0.694. The van der Waals surface area contributed by atoms with Gasteiger partial charge in [-0.05, 0) is 30.9 Å². The van der Waals surface area contributed by atoms with E-state index < -0.39 is 0 Å². The van der Waals surface area contributed by atoms with Crippen molar-refractivity contribution < 1.29 is 9.53 Å². The molecule has 0 aliphatic rings. The highest BCUT2D eigenvalue weighted by molar-refractivity contribution is 5.89. The van der Waals surface area contributed by atoms with Crippen LogP contribution >= 0.6 is 0 Å². The number of esters is 1. The lowest BCUT2D eigenvalue weighted by atomic mass is 9.97. The minimum atomic E-state index is -0.208. The number of ether oxygens (including phenoxy) is 1. The summed E-state index contributed by atoms with van der Waals surface area (Å²) in [5.41, 5.74) is 0.634. The fourth-order valence-electron chi connectivity index (χ4n) is 2.02. The van der Waals surface area contributed by atoms with E-state index in [0.717, 1.165) is 19.3 Å². The third-order valence-corrected chi connectivity index (χ3v) is 3.05. The second kappa shape index (κ2) is 7.10. The minimum Gasteiger partial charge on any atom is -0.459 e. The van der Waals surface area contributed by atoms with E-state index in [1.807, 2.05) is 18.2 Å². The van der Waals surface area contributed by atoms with Crippen molar-refractivity contribution in [2.75, 3.05) is 0 Å². The molecule has 0 heterocycles. The summed E-state index contributed by atoms with van der Waals surface area (Å²) < 4.78 is 5.56. The molecule has 0 N–H and O–H groups in total. The highest BCUT2D eigenvalue weighted by atomic mass is 16.5. The number of carbonyl (C=O) groups is 1. The van der Waals surface area contributed by atoms with Gasteiger partial charge in [0.25, 0.3) is 0 Å². The van der Waals surface area contributed by atoms with Gasteiger partial charge in [-0.1, -0.05) is 45.4 Å². The molecule has 1 aromatic rings. The molecule has 0 saturated heterocycles. The van der Waals surface area contributed by atoms with E-state index in [9.17, 15) is 4.79 Å². The highest BCUT2D eigenvalue weighted by Crippen LogP contribution is 2.18. The molecule has 2 unspecified atom stereocenters. The zero-order valence-electron chi connectivity index (χ0n) is 11.0. The topological polar surface area (TPSA) is 26.3 Å². The van der Waals surface area contributed by atoms with E-state index >= 15 is 0 Å². The van der Waals surface area contributed by atoms with Crippen LogP contribution in [0.5, 0.6) is 0 Å². The number of rotatable bonds is 6. The van der Waals surface area contributed by atoms with Crippen LogP contribution < -0.4 is 0 Å². The molecule has 0 saturated carbocycles. The van der Waals surface area contributed by atoms with E-state index in [-0.39, 0.29) is 12.1 Å². The first-order valence-corrected chi connectivity index (χ1v) is 6.45. The maximum atomic E-state index is 11.9. The molecule has 0 amide bonds. The summed E-state index contributed by atoms with van der Waals surface area (Å²) in [7, 11) is 0. The van der Waals surface area contributed by atoms with E-state index in [4.69, 9.17) is 4.74 Å². The van der Waals surface area contributed by atoms with E-state index in [0.29, 0.717) is 11.5 Å². The molecule has 0 aliphatic carbocycles. The van der Waals surface area contributed by atoms with Crippen molar-refractivity contribution in [1.29, 1.82) is 0 Å². The average molecular weight is 234 g/mol. The summed E-state index contributed by atoms with van der Waals surface area (Å²) in [6.07, 6.45) is 3.13. The molecule has 2 nitrogen and oxygen atoms in total. The van der Waals surface area contributed by atoms with Crippen LogP contribution in [0.3, 0.4) is 0 Å². The van der Waals surface area contributed by atoms with Gasteiger partial charge in [-0.2, -0.15) is 0 Å². The molecule has 0 bridgehead atoms. The molecule has 0 spiro atoms. The van der Waals surface area contributed by atoms with Crippen LogP contribution in [0.25, 0.3) is 0 Å². The Kier molecular flexibility index (Phi) is 5.75. The van der Waals surface area contributed by atoms with Crippen LogP contribution in [0.1, 0.15) is 50.4 Å². The summed E-state index contributed by atoms with van der Waals surface area (Å²) in [6, 6.07) is 9.19. The van der Waals surface area contributed by atoms with Crippen molar-refractivity contribution >= 4 is 5.97 Å². The molecular weight excluding hydrogens is 212 g/mol. The summed E-state index contributed by atoms with van der Waals surface area (Å²) in [5, 5.41) is 0. The van der Waals surface area contributed by atoms with Crippen LogP contribution in [0.2, 0.25) is 0 Å². The van der Waals surface area contributed by atoms with Gasteiger partial charge >= 0.3 is 5.97 Å². The molecule has 1 rings (SSSR count). The Morgan fingerprint density at radius 3 is 2.41 bits per heavy atom. The summed E-state index contributed by atoms with van der Waals surface area (Å²) in [5.74, 6) is 0.220. The lowest BCUT2D eigenvalue weighted by Crippen LogP contribution is -2.24. The zero-order chi connectivity index (χ0) is 12.7. The molecule has 0 radical (unpaired) electrons. The van der Waals surface area contributed by atoms with Crippen molar-refractivity contribution in [1.82, 2.24) is 0 Å². The standard InChI is InChI=1S/C15H22O2/c1-4-9-12(3)14(5-2)17-15(16)13-10-7-6-8-11-13/h6-8,10-12,14H,4-5,9H2,1-3H3. The first kappa shape index (κ1) is 13.8. The van der Waals surface area contributed by atoms with E-state index in [1.165, 1.54) is 0 Å².